The molecule has 98 valence electrons. The Morgan fingerprint density at radius 1 is 1.37 bits per heavy atom. The number of rotatable bonds is 3. The molecule has 1 aromatic heterocycles. The molecule has 19 heavy (non-hydrogen) atoms. The minimum Gasteiger partial charge on any atom is -0.321 e. The lowest BCUT2D eigenvalue weighted by Crippen LogP contribution is -2.12. The van der Waals surface area contributed by atoms with E-state index in [4.69, 9.17) is 0 Å². The molecule has 1 heterocycles. The van der Waals surface area contributed by atoms with Crippen molar-refractivity contribution in [3.63, 3.8) is 0 Å². The highest BCUT2D eigenvalue weighted by atomic mass is 127. The maximum atomic E-state index is 13.4. The molecule has 0 spiro atoms. The summed E-state index contributed by atoms with van der Waals surface area (Å²) in [6, 6.07) is 7.96. The van der Waals surface area contributed by atoms with E-state index >= 15 is 0 Å². The van der Waals surface area contributed by atoms with Crippen LogP contribution < -0.4 is 5.32 Å². The van der Waals surface area contributed by atoms with Crippen molar-refractivity contribution in [3.05, 3.63) is 51.5 Å². The minimum atomic E-state index is -0.399. The zero-order valence-electron chi connectivity index (χ0n) is 9.98. The van der Waals surface area contributed by atoms with Gasteiger partial charge < -0.3 is 5.32 Å². The Kier molecular flexibility index (Phi) is 4.76. The van der Waals surface area contributed by atoms with Gasteiger partial charge in [-0.1, -0.05) is 0 Å². The van der Waals surface area contributed by atoms with Gasteiger partial charge in [0.15, 0.2) is 0 Å². The fraction of sp³-hybridized carbons (Fsp3) is 0.0769. The fourth-order valence-electron chi connectivity index (χ4n) is 1.42. The second-order valence-electron chi connectivity index (χ2n) is 3.67. The number of carbonyl (C=O) groups is 1. The molecule has 1 N–H and O–H groups in total. The Hall–Kier alpha value is -1.15. The maximum absolute atomic E-state index is 13.4. The Labute approximate surface area is 128 Å². The van der Waals surface area contributed by atoms with Crippen molar-refractivity contribution in [1.29, 1.82) is 0 Å². The van der Waals surface area contributed by atoms with Crippen LogP contribution in [-0.4, -0.2) is 17.1 Å². The molecule has 0 radical (unpaired) electrons. The van der Waals surface area contributed by atoms with E-state index in [1.807, 2.05) is 34.9 Å². The third-order valence-electron chi connectivity index (χ3n) is 2.39. The normalized spacial score (nSPS) is 10.3. The summed E-state index contributed by atoms with van der Waals surface area (Å²) in [6.45, 7) is 0. The van der Waals surface area contributed by atoms with Gasteiger partial charge in [-0.15, -0.1) is 11.8 Å². The summed E-state index contributed by atoms with van der Waals surface area (Å²) in [6.07, 6.45) is 3.50. The van der Waals surface area contributed by atoms with Crippen LogP contribution in [0.15, 0.2) is 41.6 Å². The summed E-state index contributed by atoms with van der Waals surface area (Å²) >= 11 is 3.40. The molecular weight excluding hydrogens is 378 g/mol. The number of pyridine rings is 1. The Morgan fingerprint density at radius 2 is 2.16 bits per heavy atom. The van der Waals surface area contributed by atoms with Gasteiger partial charge >= 0.3 is 0 Å². The Bertz CT molecular complexity index is 604. The van der Waals surface area contributed by atoms with Gasteiger partial charge in [0.2, 0.25) is 0 Å². The molecule has 0 atom stereocenters. The lowest BCUT2D eigenvalue weighted by molar-refractivity contribution is 0.102. The minimum absolute atomic E-state index is 0.284. The van der Waals surface area contributed by atoms with E-state index in [-0.39, 0.29) is 11.5 Å². The Balaban J connectivity index is 2.13. The van der Waals surface area contributed by atoms with Crippen molar-refractivity contribution in [1.82, 2.24) is 4.98 Å². The smallest absolute Gasteiger partial charge is 0.255 e. The van der Waals surface area contributed by atoms with E-state index in [1.54, 1.807) is 24.4 Å². The molecule has 1 amide bonds. The van der Waals surface area contributed by atoms with Crippen LogP contribution in [0.3, 0.4) is 0 Å². The molecule has 0 aliphatic rings. The van der Waals surface area contributed by atoms with Crippen LogP contribution in [0.5, 0.6) is 0 Å². The van der Waals surface area contributed by atoms with E-state index in [0.29, 0.717) is 9.26 Å². The number of amides is 1. The number of anilines is 1. The lowest BCUT2D eigenvalue weighted by atomic mass is 10.2. The van der Waals surface area contributed by atoms with Gasteiger partial charge in [-0.3, -0.25) is 4.79 Å². The van der Waals surface area contributed by atoms with Crippen molar-refractivity contribution < 1.29 is 9.18 Å². The molecule has 2 aromatic rings. The van der Waals surface area contributed by atoms with Gasteiger partial charge in [-0.05, 0) is 59.2 Å². The Morgan fingerprint density at radius 3 is 2.74 bits per heavy atom. The van der Waals surface area contributed by atoms with Crippen molar-refractivity contribution in [2.45, 2.75) is 5.03 Å². The van der Waals surface area contributed by atoms with E-state index in [2.05, 4.69) is 10.3 Å². The first-order valence-corrected chi connectivity index (χ1v) is 7.67. The molecule has 6 heteroatoms. The SMILES string of the molecule is CSc1ccc(NC(=O)c2ccc(I)c(F)c2)cn1. The van der Waals surface area contributed by atoms with E-state index in [0.717, 1.165) is 5.03 Å². The third-order valence-corrected chi connectivity index (χ3v) is 3.92. The van der Waals surface area contributed by atoms with Crippen LogP contribution in [0, 0.1) is 9.39 Å². The van der Waals surface area contributed by atoms with Crippen LogP contribution in [0.4, 0.5) is 10.1 Å². The number of aromatic nitrogens is 1. The number of hydrogen-bond donors (Lipinski definition) is 1. The number of nitrogens with one attached hydrogen (secondary N) is 1. The van der Waals surface area contributed by atoms with Gasteiger partial charge in [0, 0.05) is 9.13 Å². The van der Waals surface area contributed by atoms with Crippen molar-refractivity contribution >= 4 is 45.9 Å². The molecule has 2 rings (SSSR count). The maximum Gasteiger partial charge on any atom is 0.255 e. The van der Waals surface area contributed by atoms with Crippen molar-refractivity contribution in [2.24, 2.45) is 0 Å². The van der Waals surface area contributed by atoms with E-state index in [1.165, 1.54) is 17.8 Å². The molecule has 1 aromatic carbocycles. The van der Waals surface area contributed by atoms with Crippen LogP contribution in [0.2, 0.25) is 0 Å². The van der Waals surface area contributed by atoms with Crippen LogP contribution in [0.1, 0.15) is 10.4 Å². The summed E-state index contributed by atoms with van der Waals surface area (Å²) in [7, 11) is 0. The number of hydrogen-bond acceptors (Lipinski definition) is 3. The van der Waals surface area contributed by atoms with Gasteiger partial charge in [-0.2, -0.15) is 0 Å². The summed E-state index contributed by atoms with van der Waals surface area (Å²) < 4.78 is 13.9. The number of nitrogens with zero attached hydrogens (tertiary/aromatic N) is 1. The molecular formula is C13H10FIN2OS. The van der Waals surface area contributed by atoms with E-state index in [9.17, 15) is 9.18 Å². The largest absolute Gasteiger partial charge is 0.321 e. The summed E-state index contributed by atoms with van der Waals surface area (Å²) in [5.41, 5.74) is 0.869. The molecule has 0 aliphatic heterocycles. The number of carbonyl (C=O) groups excluding carboxylic acids is 1. The molecule has 0 bridgehead atoms. The molecule has 3 nitrogen and oxygen atoms in total. The van der Waals surface area contributed by atoms with Crippen LogP contribution in [0.25, 0.3) is 0 Å². The average molecular weight is 388 g/mol. The van der Waals surface area contributed by atoms with Gasteiger partial charge in [0.1, 0.15) is 5.82 Å². The zero-order chi connectivity index (χ0) is 13.8. The van der Waals surface area contributed by atoms with Crippen molar-refractivity contribution in [3.8, 4) is 0 Å². The second kappa shape index (κ2) is 6.33. The summed E-state index contributed by atoms with van der Waals surface area (Å²) in [4.78, 5) is 16.1. The van der Waals surface area contributed by atoms with Crippen LogP contribution >= 0.6 is 34.4 Å². The zero-order valence-corrected chi connectivity index (χ0v) is 13.0. The molecule has 0 aliphatic carbocycles. The predicted molar refractivity (Wildman–Crippen MR) is 83.1 cm³/mol. The summed E-state index contributed by atoms with van der Waals surface area (Å²) in [5.74, 6) is -0.752. The number of benzene rings is 1. The highest BCUT2D eigenvalue weighted by Gasteiger charge is 2.09. The molecule has 0 saturated heterocycles. The quantitative estimate of drug-likeness (QED) is 0.643. The van der Waals surface area contributed by atoms with Gasteiger partial charge in [-0.25, -0.2) is 9.37 Å². The highest BCUT2D eigenvalue weighted by molar-refractivity contribution is 14.1. The predicted octanol–water partition coefficient (Wildman–Crippen LogP) is 3.80. The van der Waals surface area contributed by atoms with Crippen molar-refractivity contribution in [2.75, 3.05) is 11.6 Å². The highest BCUT2D eigenvalue weighted by Crippen LogP contribution is 2.16. The molecule has 0 saturated carbocycles. The average Bonchev–Trinajstić information content (AvgIpc) is 2.42. The number of halogens is 2. The first kappa shape index (κ1) is 14.3. The second-order valence-corrected chi connectivity index (χ2v) is 5.66. The van der Waals surface area contributed by atoms with E-state index < -0.39 is 5.82 Å². The van der Waals surface area contributed by atoms with Gasteiger partial charge in [0.05, 0.1) is 16.9 Å². The first-order valence-electron chi connectivity index (χ1n) is 5.36. The molecule has 0 unspecified atom stereocenters. The lowest BCUT2D eigenvalue weighted by Gasteiger charge is -2.06. The topological polar surface area (TPSA) is 42.0 Å². The third kappa shape index (κ3) is 3.66. The summed E-state index contributed by atoms with van der Waals surface area (Å²) in [5, 5.41) is 3.55. The standard InChI is InChI=1S/C13H10FIN2OS/c1-19-12-5-3-9(7-16-12)17-13(18)8-2-4-11(15)10(14)6-8/h2-7H,1H3,(H,17,18). The fourth-order valence-corrected chi connectivity index (χ4v) is 2.11. The molecule has 0 fully saturated rings. The van der Waals surface area contributed by atoms with Crippen LogP contribution in [-0.2, 0) is 0 Å². The van der Waals surface area contributed by atoms with Gasteiger partial charge in [0.25, 0.3) is 5.91 Å². The first-order chi connectivity index (χ1) is 9.10. The number of thioether (sulfide) groups is 1. The monoisotopic (exact) mass is 388 g/mol.